The highest BCUT2D eigenvalue weighted by atomic mass is 16.6. The van der Waals surface area contributed by atoms with Crippen LogP contribution in [0.3, 0.4) is 0 Å². The second-order valence-electron chi connectivity index (χ2n) is 4.28. The number of carbonyl (C=O) groups excluding carboxylic acids is 1. The molecule has 1 aliphatic rings. The summed E-state index contributed by atoms with van der Waals surface area (Å²) in [7, 11) is 0. The van der Waals surface area contributed by atoms with Crippen LogP contribution in [0, 0.1) is 10.1 Å². The summed E-state index contributed by atoms with van der Waals surface area (Å²) in [6.45, 7) is 0.574. The number of pyridine rings is 1. The third-order valence-corrected chi connectivity index (χ3v) is 2.91. The van der Waals surface area contributed by atoms with E-state index in [4.69, 9.17) is 5.11 Å². The predicted octanol–water partition coefficient (Wildman–Crippen LogP) is 0.378. The second-order valence-corrected chi connectivity index (χ2v) is 4.28. The maximum atomic E-state index is 11.6. The van der Waals surface area contributed by atoms with Gasteiger partial charge < -0.3 is 15.7 Å². The standard InChI is InChI=1S/C11H12N4O5/c16-10-7(2-1-3-12-10)14-9-8(15(19)20)4-6(5-13-9)11(17)18/h4-5,7H,1-3H2,(H,12,16)(H,13,14)(H,17,18). The first-order valence-electron chi connectivity index (χ1n) is 5.91. The quantitative estimate of drug-likeness (QED) is 0.536. The Kier molecular flexibility index (Phi) is 3.78. The molecule has 0 bridgehead atoms. The van der Waals surface area contributed by atoms with Crippen molar-refractivity contribution in [3.8, 4) is 0 Å². The van der Waals surface area contributed by atoms with Crippen molar-refractivity contribution >= 4 is 23.4 Å². The molecule has 2 heterocycles. The van der Waals surface area contributed by atoms with Crippen LogP contribution >= 0.6 is 0 Å². The highest BCUT2D eigenvalue weighted by Gasteiger charge is 2.26. The lowest BCUT2D eigenvalue weighted by atomic mass is 10.1. The van der Waals surface area contributed by atoms with Crippen molar-refractivity contribution in [2.45, 2.75) is 18.9 Å². The number of hydrogen-bond acceptors (Lipinski definition) is 6. The summed E-state index contributed by atoms with van der Waals surface area (Å²) in [5.74, 6) is -1.67. The Morgan fingerprint density at radius 2 is 2.35 bits per heavy atom. The average Bonchev–Trinajstić information content (AvgIpc) is 2.41. The fourth-order valence-corrected chi connectivity index (χ4v) is 1.90. The summed E-state index contributed by atoms with van der Waals surface area (Å²) in [4.78, 5) is 36.3. The number of nitrogens with zero attached hydrogens (tertiary/aromatic N) is 2. The van der Waals surface area contributed by atoms with E-state index in [0.29, 0.717) is 13.0 Å². The van der Waals surface area contributed by atoms with Crippen LogP contribution in [0.1, 0.15) is 23.2 Å². The Balaban J connectivity index is 2.28. The first-order chi connectivity index (χ1) is 9.49. The number of nitrogens with one attached hydrogen (secondary N) is 2. The largest absolute Gasteiger partial charge is 0.478 e. The normalized spacial score (nSPS) is 18.2. The SMILES string of the molecule is O=C(O)c1cnc(NC2CCCNC2=O)c([N+](=O)[O-])c1. The monoisotopic (exact) mass is 280 g/mol. The molecule has 1 unspecified atom stereocenters. The van der Waals surface area contributed by atoms with Gasteiger partial charge in [-0.05, 0) is 12.8 Å². The van der Waals surface area contributed by atoms with Crippen LogP contribution in [0.2, 0.25) is 0 Å². The van der Waals surface area contributed by atoms with Crippen LogP contribution < -0.4 is 10.6 Å². The molecule has 2 rings (SSSR count). The van der Waals surface area contributed by atoms with Crippen LogP contribution in [-0.4, -0.2) is 39.5 Å². The van der Waals surface area contributed by atoms with Crippen molar-refractivity contribution in [2.75, 3.05) is 11.9 Å². The first kappa shape index (κ1) is 13.7. The molecule has 0 spiro atoms. The van der Waals surface area contributed by atoms with E-state index in [0.717, 1.165) is 18.7 Å². The molecular weight excluding hydrogens is 268 g/mol. The lowest BCUT2D eigenvalue weighted by molar-refractivity contribution is -0.384. The smallest absolute Gasteiger partial charge is 0.337 e. The number of carboxylic acid groups (broad SMARTS) is 1. The lowest BCUT2D eigenvalue weighted by Crippen LogP contribution is -2.44. The number of aromatic nitrogens is 1. The zero-order valence-electron chi connectivity index (χ0n) is 10.3. The molecule has 0 radical (unpaired) electrons. The number of hydrogen-bond donors (Lipinski definition) is 3. The van der Waals surface area contributed by atoms with E-state index in [9.17, 15) is 19.7 Å². The predicted molar refractivity (Wildman–Crippen MR) is 67.5 cm³/mol. The van der Waals surface area contributed by atoms with Gasteiger partial charge in [0.1, 0.15) is 6.04 Å². The maximum Gasteiger partial charge on any atom is 0.337 e. The molecule has 0 saturated carbocycles. The van der Waals surface area contributed by atoms with E-state index in [1.165, 1.54) is 0 Å². The third-order valence-electron chi connectivity index (χ3n) is 2.91. The lowest BCUT2D eigenvalue weighted by Gasteiger charge is -2.22. The van der Waals surface area contributed by atoms with E-state index in [1.54, 1.807) is 0 Å². The molecule has 1 aromatic heterocycles. The Hall–Kier alpha value is -2.71. The molecule has 106 valence electrons. The Morgan fingerprint density at radius 3 is 2.95 bits per heavy atom. The van der Waals surface area contributed by atoms with Gasteiger partial charge in [-0.1, -0.05) is 0 Å². The van der Waals surface area contributed by atoms with Crippen LogP contribution in [0.15, 0.2) is 12.3 Å². The molecule has 1 saturated heterocycles. The van der Waals surface area contributed by atoms with E-state index < -0.39 is 22.6 Å². The second kappa shape index (κ2) is 5.51. The Labute approximate surface area is 113 Å². The summed E-state index contributed by atoms with van der Waals surface area (Å²) >= 11 is 0. The highest BCUT2D eigenvalue weighted by Crippen LogP contribution is 2.24. The topological polar surface area (TPSA) is 134 Å². The number of piperidine rings is 1. The molecular formula is C11H12N4O5. The van der Waals surface area contributed by atoms with Gasteiger partial charge in [0.15, 0.2) is 0 Å². The van der Waals surface area contributed by atoms with Crippen LogP contribution in [0.5, 0.6) is 0 Å². The van der Waals surface area contributed by atoms with Crippen molar-refractivity contribution in [2.24, 2.45) is 0 Å². The van der Waals surface area contributed by atoms with Crippen molar-refractivity contribution < 1.29 is 19.6 Å². The number of anilines is 1. The van der Waals surface area contributed by atoms with Gasteiger partial charge in [-0.25, -0.2) is 9.78 Å². The van der Waals surface area contributed by atoms with E-state index in [1.807, 2.05) is 0 Å². The van der Waals surface area contributed by atoms with Gasteiger partial charge in [0, 0.05) is 18.8 Å². The summed E-state index contributed by atoms with van der Waals surface area (Å²) in [6.07, 6.45) is 2.30. The van der Waals surface area contributed by atoms with Crippen LogP contribution in [0.4, 0.5) is 11.5 Å². The van der Waals surface area contributed by atoms with E-state index in [-0.39, 0.29) is 17.3 Å². The zero-order valence-corrected chi connectivity index (χ0v) is 10.3. The van der Waals surface area contributed by atoms with Crippen molar-refractivity contribution in [1.29, 1.82) is 0 Å². The van der Waals surface area contributed by atoms with Gasteiger partial charge in [0.05, 0.1) is 10.5 Å². The number of aromatic carboxylic acids is 1. The molecule has 9 heteroatoms. The van der Waals surface area contributed by atoms with Gasteiger partial charge >= 0.3 is 11.7 Å². The average molecular weight is 280 g/mol. The van der Waals surface area contributed by atoms with Gasteiger partial charge in [-0.3, -0.25) is 14.9 Å². The number of nitro groups is 1. The minimum atomic E-state index is -1.30. The summed E-state index contributed by atoms with van der Waals surface area (Å²) in [5.41, 5.74) is -0.751. The molecule has 0 aromatic carbocycles. The summed E-state index contributed by atoms with van der Waals surface area (Å²) in [5, 5.41) is 25.1. The third kappa shape index (κ3) is 2.82. The molecule has 1 amide bonds. The van der Waals surface area contributed by atoms with Crippen LogP contribution in [0.25, 0.3) is 0 Å². The van der Waals surface area contributed by atoms with Gasteiger partial charge in [0.25, 0.3) is 0 Å². The van der Waals surface area contributed by atoms with Gasteiger partial charge in [-0.15, -0.1) is 0 Å². The molecule has 1 fully saturated rings. The minimum absolute atomic E-state index is 0.109. The molecule has 1 aromatic rings. The fraction of sp³-hybridized carbons (Fsp3) is 0.364. The Bertz CT molecular complexity index is 574. The number of amides is 1. The first-order valence-corrected chi connectivity index (χ1v) is 5.91. The number of carbonyl (C=O) groups is 2. The fourth-order valence-electron chi connectivity index (χ4n) is 1.90. The molecule has 20 heavy (non-hydrogen) atoms. The van der Waals surface area contributed by atoms with Crippen LogP contribution in [-0.2, 0) is 4.79 Å². The van der Waals surface area contributed by atoms with E-state index >= 15 is 0 Å². The summed E-state index contributed by atoms with van der Waals surface area (Å²) < 4.78 is 0. The van der Waals surface area contributed by atoms with Gasteiger partial charge in [0.2, 0.25) is 11.7 Å². The van der Waals surface area contributed by atoms with Crippen molar-refractivity contribution in [1.82, 2.24) is 10.3 Å². The highest BCUT2D eigenvalue weighted by molar-refractivity contribution is 5.89. The maximum absolute atomic E-state index is 11.6. The molecule has 9 nitrogen and oxygen atoms in total. The van der Waals surface area contributed by atoms with Crippen molar-refractivity contribution in [3.05, 3.63) is 27.9 Å². The molecule has 3 N–H and O–H groups in total. The molecule has 1 aliphatic heterocycles. The number of carboxylic acids is 1. The van der Waals surface area contributed by atoms with Gasteiger partial charge in [-0.2, -0.15) is 0 Å². The van der Waals surface area contributed by atoms with Crippen molar-refractivity contribution in [3.63, 3.8) is 0 Å². The van der Waals surface area contributed by atoms with E-state index in [2.05, 4.69) is 15.6 Å². The summed E-state index contributed by atoms with van der Waals surface area (Å²) in [6, 6.07) is 0.309. The minimum Gasteiger partial charge on any atom is -0.478 e. The number of rotatable bonds is 4. The molecule has 1 atom stereocenters. The zero-order chi connectivity index (χ0) is 14.7. The molecule has 0 aliphatic carbocycles. The Morgan fingerprint density at radius 1 is 1.60 bits per heavy atom.